The van der Waals surface area contributed by atoms with Crippen molar-refractivity contribution >= 4 is 22.6 Å². The Kier molecular flexibility index (Phi) is 12.6. The molecule has 0 N–H and O–H groups in total. The van der Waals surface area contributed by atoms with Crippen molar-refractivity contribution in [2.75, 3.05) is 0 Å². The van der Waals surface area contributed by atoms with Gasteiger partial charge in [-0.3, -0.25) is 4.79 Å². The molecule has 6 atom stereocenters. The number of allylic oxidation sites excluding steroid dienone is 3. The number of aromatic nitrogens is 1. The van der Waals surface area contributed by atoms with Crippen LogP contribution < -0.4 is 0 Å². The van der Waals surface area contributed by atoms with Crippen LogP contribution in [0.1, 0.15) is 138 Å². The van der Waals surface area contributed by atoms with E-state index in [0.717, 1.165) is 43.6 Å². The van der Waals surface area contributed by atoms with Gasteiger partial charge in [0.2, 0.25) is 0 Å². The average molecular weight is 712 g/mol. The zero-order valence-corrected chi connectivity index (χ0v) is 35.2. The van der Waals surface area contributed by atoms with E-state index in [9.17, 15) is 4.79 Å². The molecular formula is C41H69NO5Si2. The Hall–Kier alpha value is -1.75. The number of fused-ring (bicyclic) bond motifs is 1. The Labute approximate surface area is 301 Å². The van der Waals surface area contributed by atoms with E-state index in [1.54, 1.807) is 11.8 Å². The van der Waals surface area contributed by atoms with Crippen molar-refractivity contribution < 1.29 is 22.8 Å². The van der Waals surface area contributed by atoms with E-state index in [4.69, 9.17) is 18.0 Å². The van der Waals surface area contributed by atoms with E-state index in [2.05, 4.69) is 98.4 Å². The molecule has 0 aromatic carbocycles. The van der Waals surface area contributed by atoms with Crippen LogP contribution in [-0.4, -0.2) is 39.8 Å². The van der Waals surface area contributed by atoms with Crippen LogP contribution in [0.4, 0.5) is 0 Å². The molecule has 8 heteroatoms. The van der Waals surface area contributed by atoms with Crippen LogP contribution in [0.15, 0.2) is 52.5 Å². The summed E-state index contributed by atoms with van der Waals surface area (Å²) in [6.45, 7) is 32.1. The lowest BCUT2D eigenvalue weighted by Gasteiger charge is -2.45. The molecule has 276 valence electrons. The molecule has 1 aromatic rings. The number of carbonyl (C=O) groups is 1. The summed E-state index contributed by atoms with van der Waals surface area (Å²) >= 11 is 0. The van der Waals surface area contributed by atoms with Gasteiger partial charge < -0.3 is 18.0 Å². The molecule has 0 radical (unpaired) electrons. The van der Waals surface area contributed by atoms with Crippen molar-refractivity contribution in [1.29, 1.82) is 0 Å². The molecule has 6 nitrogen and oxygen atoms in total. The first kappa shape index (κ1) is 40.0. The molecule has 3 fully saturated rings. The highest BCUT2D eigenvalue weighted by Crippen LogP contribution is 2.59. The lowest BCUT2D eigenvalue weighted by Crippen LogP contribution is -2.49. The Morgan fingerprint density at radius 1 is 1.06 bits per heavy atom. The Bertz CT molecular complexity index is 1350. The van der Waals surface area contributed by atoms with Crippen molar-refractivity contribution in [2.45, 2.75) is 181 Å². The Balaban J connectivity index is 1.48. The monoisotopic (exact) mass is 711 g/mol. The quantitative estimate of drug-likeness (QED) is 0.122. The second-order valence-electron chi connectivity index (χ2n) is 18.7. The summed E-state index contributed by atoms with van der Waals surface area (Å²) < 4.78 is 24.9. The zero-order chi connectivity index (χ0) is 36.4. The van der Waals surface area contributed by atoms with Gasteiger partial charge in [-0.05, 0) is 122 Å². The van der Waals surface area contributed by atoms with Gasteiger partial charge in [0, 0.05) is 13.3 Å². The fraction of sp³-hybridized carbons (Fsp3) is 0.756. The molecule has 3 aliphatic carbocycles. The summed E-state index contributed by atoms with van der Waals surface area (Å²) in [5.74, 6) is 1.09. The second kappa shape index (κ2) is 15.5. The molecule has 49 heavy (non-hydrogen) atoms. The predicted molar refractivity (Wildman–Crippen MR) is 206 cm³/mol. The van der Waals surface area contributed by atoms with Crippen LogP contribution in [0.2, 0.25) is 36.3 Å². The van der Waals surface area contributed by atoms with Gasteiger partial charge in [0.25, 0.3) is 0 Å². The molecule has 1 heterocycles. The van der Waals surface area contributed by atoms with E-state index in [1.165, 1.54) is 57.4 Å². The van der Waals surface area contributed by atoms with Crippen molar-refractivity contribution in [3.63, 3.8) is 0 Å². The SMILES string of the molecule is C=C1/C(=C\C=C2/CCC[C@]3(C)C(CCCCC(OC(C)=O)c4cocn4)CC[C@@H]23)C[C@@H](O[Si](C)(C)C(C)(C)C)C[C@@H]1O[Si](C)(C)C(C)(C)C. The van der Waals surface area contributed by atoms with E-state index >= 15 is 0 Å². The number of rotatable bonds is 12. The average Bonchev–Trinajstić information content (AvgIpc) is 3.62. The Morgan fingerprint density at radius 3 is 2.35 bits per heavy atom. The van der Waals surface area contributed by atoms with Crippen LogP contribution in [-0.2, 0) is 18.4 Å². The van der Waals surface area contributed by atoms with Crippen LogP contribution in [0.3, 0.4) is 0 Å². The predicted octanol–water partition coefficient (Wildman–Crippen LogP) is 12.0. The van der Waals surface area contributed by atoms with Gasteiger partial charge in [-0.2, -0.15) is 0 Å². The molecular weight excluding hydrogens is 643 g/mol. The van der Waals surface area contributed by atoms with Crippen molar-refractivity contribution in [1.82, 2.24) is 4.98 Å². The minimum absolute atomic E-state index is 0.00581. The highest BCUT2D eigenvalue weighted by molar-refractivity contribution is 6.74. The molecule has 2 unspecified atom stereocenters. The standard InChI is InChI=1S/C41H69NO5Si2/c1-29-32(25-34(46-48(10,11)39(3,4)5)26-38(29)47-49(12,13)40(6,7)8)21-20-31-17-16-24-41(9)33(22-23-35(31)41)18-14-15-19-37(45-30(2)43)36-27-44-28-42-36/h20-21,27-28,33-35,37-38H,1,14-19,22-26H2,2-13H3/b31-20+,32-21-/t33?,34-,35+,37?,38+,41-/m1/s1. The molecule has 0 saturated heterocycles. The molecule has 3 saturated carbocycles. The number of nitrogens with zero attached hydrogens (tertiary/aromatic N) is 1. The van der Waals surface area contributed by atoms with Gasteiger partial charge >= 0.3 is 5.97 Å². The van der Waals surface area contributed by atoms with Crippen LogP contribution in [0, 0.1) is 17.3 Å². The number of hydrogen-bond donors (Lipinski definition) is 0. The van der Waals surface area contributed by atoms with Gasteiger partial charge in [0.15, 0.2) is 23.0 Å². The van der Waals surface area contributed by atoms with E-state index < -0.39 is 16.6 Å². The van der Waals surface area contributed by atoms with Gasteiger partial charge in [-0.15, -0.1) is 0 Å². The van der Waals surface area contributed by atoms with Crippen LogP contribution in [0.5, 0.6) is 0 Å². The summed E-state index contributed by atoms with van der Waals surface area (Å²) in [6, 6.07) is 0. The van der Waals surface area contributed by atoms with Gasteiger partial charge in [-0.25, -0.2) is 4.98 Å². The molecule has 4 rings (SSSR count). The third-order valence-corrected chi connectivity index (χ3v) is 22.3. The molecule has 0 amide bonds. The first-order valence-electron chi connectivity index (χ1n) is 19.1. The third-order valence-electron chi connectivity index (χ3n) is 13.3. The summed E-state index contributed by atoms with van der Waals surface area (Å²) in [7, 11) is -3.94. The number of ether oxygens (including phenoxy) is 1. The van der Waals surface area contributed by atoms with Gasteiger partial charge in [0.05, 0.1) is 12.2 Å². The number of oxazole rings is 1. The third kappa shape index (κ3) is 9.58. The van der Waals surface area contributed by atoms with E-state index in [1.807, 2.05) is 0 Å². The topological polar surface area (TPSA) is 70.8 Å². The normalized spacial score (nSPS) is 29.3. The lowest BCUT2D eigenvalue weighted by atomic mass is 9.62. The smallest absolute Gasteiger partial charge is 0.303 e. The van der Waals surface area contributed by atoms with Crippen molar-refractivity contribution in [3.05, 3.63) is 53.8 Å². The van der Waals surface area contributed by atoms with Gasteiger partial charge in [0.1, 0.15) is 18.1 Å². The second-order valence-corrected chi connectivity index (χ2v) is 28.3. The summed E-state index contributed by atoms with van der Waals surface area (Å²) in [4.78, 5) is 15.9. The van der Waals surface area contributed by atoms with E-state index in [-0.39, 0.29) is 34.4 Å². The van der Waals surface area contributed by atoms with Crippen LogP contribution in [0.25, 0.3) is 0 Å². The zero-order valence-electron chi connectivity index (χ0n) is 33.2. The van der Waals surface area contributed by atoms with Crippen LogP contribution >= 0.6 is 0 Å². The summed E-state index contributed by atoms with van der Waals surface area (Å²) in [5.41, 5.74) is 5.16. The lowest BCUT2D eigenvalue weighted by molar-refractivity contribution is -0.147. The maximum atomic E-state index is 11.7. The number of esters is 1. The highest BCUT2D eigenvalue weighted by atomic mass is 28.4. The van der Waals surface area contributed by atoms with Crippen molar-refractivity contribution in [3.8, 4) is 0 Å². The van der Waals surface area contributed by atoms with Gasteiger partial charge in [-0.1, -0.05) is 79.2 Å². The van der Waals surface area contributed by atoms with Crippen molar-refractivity contribution in [2.24, 2.45) is 17.3 Å². The molecule has 0 aliphatic heterocycles. The molecule has 0 spiro atoms. The summed E-state index contributed by atoms with van der Waals surface area (Å²) in [6.07, 6.45) is 20.0. The highest BCUT2D eigenvalue weighted by Gasteiger charge is 2.49. The first-order valence-corrected chi connectivity index (χ1v) is 25.0. The van der Waals surface area contributed by atoms with E-state index in [0.29, 0.717) is 17.0 Å². The molecule has 3 aliphatic rings. The largest absolute Gasteiger partial charge is 0.456 e. The number of hydrogen-bond acceptors (Lipinski definition) is 6. The summed E-state index contributed by atoms with van der Waals surface area (Å²) in [5, 5.41) is 0.300. The maximum absolute atomic E-state index is 11.7. The minimum atomic E-state index is -2.00. The maximum Gasteiger partial charge on any atom is 0.303 e. The minimum Gasteiger partial charge on any atom is -0.456 e. The first-order chi connectivity index (χ1) is 22.6. The Morgan fingerprint density at radius 2 is 1.73 bits per heavy atom. The number of unbranched alkanes of at least 4 members (excludes halogenated alkanes) is 1. The fourth-order valence-corrected chi connectivity index (χ4v) is 10.8. The molecule has 1 aromatic heterocycles. The fourth-order valence-electron chi connectivity index (χ4n) is 8.15. The molecule has 0 bridgehead atoms. The number of carbonyl (C=O) groups excluding carboxylic acids is 1.